The van der Waals surface area contributed by atoms with Gasteiger partial charge in [-0.2, -0.15) is 0 Å². The fourth-order valence-corrected chi connectivity index (χ4v) is 2.12. The topological polar surface area (TPSA) is 26.3 Å². The first-order chi connectivity index (χ1) is 7.05. The van der Waals surface area contributed by atoms with E-state index in [1.165, 1.54) is 0 Å². The van der Waals surface area contributed by atoms with E-state index in [9.17, 15) is 4.79 Å². The van der Waals surface area contributed by atoms with Crippen LogP contribution in [0, 0.1) is 0 Å². The largest absolute Gasteiger partial charge is 0.456 e. The van der Waals surface area contributed by atoms with Crippen molar-refractivity contribution >= 4 is 21.9 Å². The number of carbonyl (C=O) groups is 1. The van der Waals surface area contributed by atoms with Crippen LogP contribution in [-0.2, 0) is 4.74 Å². The van der Waals surface area contributed by atoms with Crippen LogP contribution in [-0.4, -0.2) is 16.9 Å². The first kappa shape index (κ1) is 12.2. The van der Waals surface area contributed by atoms with Crippen LogP contribution in [0.2, 0.25) is 0 Å². The molecule has 1 rings (SSSR count). The maximum atomic E-state index is 11.7. The summed E-state index contributed by atoms with van der Waals surface area (Å²) in [4.78, 5) is 11.7. The Labute approximate surface area is 98.8 Å². The highest BCUT2D eigenvalue weighted by Gasteiger charge is 2.22. The molecule has 0 saturated heterocycles. The second-order valence-corrected chi connectivity index (χ2v) is 4.75. The Balaban J connectivity index is 2.64. The van der Waals surface area contributed by atoms with Gasteiger partial charge in [-0.3, -0.25) is 0 Å². The second kappa shape index (κ2) is 5.31. The van der Waals surface area contributed by atoms with Gasteiger partial charge >= 0.3 is 5.97 Å². The summed E-state index contributed by atoms with van der Waals surface area (Å²) in [6.45, 7) is 3.82. The van der Waals surface area contributed by atoms with Gasteiger partial charge in [0.2, 0.25) is 0 Å². The maximum absolute atomic E-state index is 11.7. The van der Waals surface area contributed by atoms with E-state index < -0.39 is 5.60 Å². The Hall–Kier alpha value is -0.830. The van der Waals surface area contributed by atoms with Crippen LogP contribution in [0.1, 0.15) is 30.6 Å². The Bertz CT molecular complexity index is 320. The Kier molecular flexibility index (Phi) is 4.33. The third kappa shape index (κ3) is 4.04. The Morgan fingerprint density at radius 3 is 2.47 bits per heavy atom. The van der Waals surface area contributed by atoms with Crippen LogP contribution in [0.25, 0.3) is 0 Å². The summed E-state index contributed by atoms with van der Waals surface area (Å²) in [6.07, 6.45) is 0.797. The summed E-state index contributed by atoms with van der Waals surface area (Å²) in [5.41, 5.74) is 0.177. The zero-order valence-corrected chi connectivity index (χ0v) is 10.6. The van der Waals surface area contributed by atoms with Gasteiger partial charge in [0.25, 0.3) is 0 Å². The van der Waals surface area contributed by atoms with Crippen LogP contribution >= 0.6 is 15.9 Å². The van der Waals surface area contributed by atoms with Crippen molar-refractivity contribution in [1.29, 1.82) is 0 Å². The predicted octanol–water partition coefficient (Wildman–Crippen LogP) is 3.41. The number of rotatable bonds is 4. The zero-order chi connectivity index (χ0) is 11.3. The van der Waals surface area contributed by atoms with Crippen molar-refractivity contribution in [3.8, 4) is 0 Å². The molecule has 0 spiro atoms. The highest BCUT2D eigenvalue weighted by atomic mass is 79.9. The van der Waals surface area contributed by atoms with Gasteiger partial charge in [0.05, 0.1) is 5.56 Å². The average Bonchev–Trinajstić information content (AvgIpc) is 2.18. The van der Waals surface area contributed by atoms with Crippen molar-refractivity contribution < 1.29 is 9.53 Å². The van der Waals surface area contributed by atoms with E-state index in [4.69, 9.17) is 4.74 Å². The molecule has 0 aliphatic heterocycles. The van der Waals surface area contributed by atoms with Crippen LogP contribution in [0.4, 0.5) is 0 Å². The fraction of sp³-hybridized carbons (Fsp3) is 0.417. The molecule has 0 amide bonds. The molecule has 0 atom stereocenters. The van der Waals surface area contributed by atoms with Crippen molar-refractivity contribution in [2.24, 2.45) is 0 Å². The van der Waals surface area contributed by atoms with Crippen LogP contribution in [0.15, 0.2) is 30.3 Å². The number of benzene rings is 1. The number of ether oxygens (including phenoxy) is 1. The van der Waals surface area contributed by atoms with E-state index in [-0.39, 0.29) is 5.97 Å². The SMILES string of the molecule is CC(C)(CCBr)OC(=O)c1ccccc1. The van der Waals surface area contributed by atoms with E-state index in [2.05, 4.69) is 15.9 Å². The summed E-state index contributed by atoms with van der Waals surface area (Å²) in [6, 6.07) is 9.04. The molecule has 82 valence electrons. The van der Waals surface area contributed by atoms with Crippen molar-refractivity contribution in [2.75, 3.05) is 5.33 Å². The quantitative estimate of drug-likeness (QED) is 0.619. The first-order valence-corrected chi connectivity index (χ1v) is 6.02. The lowest BCUT2D eigenvalue weighted by Crippen LogP contribution is -2.28. The molecule has 15 heavy (non-hydrogen) atoms. The van der Waals surface area contributed by atoms with Crippen molar-refractivity contribution in [3.63, 3.8) is 0 Å². The standard InChI is InChI=1S/C12H15BrO2/c1-12(2,8-9-13)15-11(14)10-6-4-3-5-7-10/h3-7H,8-9H2,1-2H3. The molecule has 0 saturated carbocycles. The van der Waals surface area contributed by atoms with E-state index in [0.29, 0.717) is 5.56 Å². The number of carbonyl (C=O) groups excluding carboxylic acids is 1. The molecular formula is C12H15BrO2. The molecule has 0 heterocycles. The molecule has 0 radical (unpaired) electrons. The minimum Gasteiger partial charge on any atom is -0.456 e. The number of halogens is 1. The minimum absolute atomic E-state index is 0.262. The summed E-state index contributed by atoms with van der Waals surface area (Å²) in [5.74, 6) is -0.262. The average molecular weight is 271 g/mol. The van der Waals surface area contributed by atoms with Crippen molar-refractivity contribution in [2.45, 2.75) is 25.9 Å². The highest BCUT2D eigenvalue weighted by molar-refractivity contribution is 9.09. The van der Waals surface area contributed by atoms with E-state index in [1.54, 1.807) is 12.1 Å². The van der Waals surface area contributed by atoms with Gasteiger partial charge in [0.15, 0.2) is 0 Å². The highest BCUT2D eigenvalue weighted by Crippen LogP contribution is 2.18. The molecule has 0 bridgehead atoms. The molecule has 1 aromatic carbocycles. The monoisotopic (exact) mass is 270 g/mol. The molecule has 3 heteroatoms. The van der Waals surface area contributed by atoms with Crippen LogP contribution in [0.5, 0.6) is 0 Å². The first-order valence-electron chi connectivity index (χ1n) is 4.89. The maximum Gasteiger partial charge on any atom is 0.338 e. The van der Waals surface area contributed by atoms with Gasteiger partial charge in [-0.25, -0.2) is 4.79 Å². The predicted molar refractivity (Wildman–Crippen MR) is 64.3 cm³/mol. The lowest BCUT2D eigenvalue weighted by Gasteiger charge is -2.24. The third-order valence-corrected chi connectivity index (χ3v) is 2.47. The van der Waals surface area contributed by atoms with Gasteiger partial charge in [0.1, 0.15) is 5.60 Å². The van der Waals surface area contributed by atoms with Crippen LogP contribution in [0.3, 0.4) is 0 Å². The van der Waals surface area contributed by atoms with Gasteiger partial charge in [0, 0.05) is 5.33 Å². The molecule has 0 aliphatic carbocycles. The minimum atomic E-state index is -0.420. The number of hydrogen-bond acceptors (Lipinski definition) is 2. The lowest BCUT2D eigenvalue weighted by atomic mass is 10.1. The molecule has 0 unspecified atom stereocenters. The number of esters is 1. The van der Waals surface area contributed by atoms with Gasteiger partial charge in [-0.1, -0.05) is 34.1 Å². The van der Waals surface area contributed by atoms with E-state index >= 15 is 0 Å². The number of hydrogen-bond donors (Lipinski definition) is 0. The van der Waals surface area contributed by atoms with Crippen LogP contribution < -0.4 is 0 Å². The molecule has 1 aromatic rings. The molecular weight excluding hydrogens is 256 g/mol. The summed E-state index contributed by atoms with van der Waals surface area (Å²) in [7, 11) is 0. The fourth-order valence-electron chi connectivity index (χ4n) is 1.16. The van der Waals surface area contributed by atoms with Crippen molar-refractivity contribution in [1.82, 2.24) is 0 Å². The molecule has 0 aliphatic rings. The Morgan fingerprint density at radius 2 is 1.93 bits per heavy atom. The molecule has 0 N–H and O–H groups in total. The molecule has 0 aromatic heterocycles. The summed E-state index contributed by atoms with van der Waals surface area (Å²) >= 11 is 3.34. The lowest BCUT2D eigenvalue weighted by molar-refractivity contribution is -0.00180. The van der Waals surface area contributed by atoms with E-state index in [0.717, 1.165) is 11.8 Å². The van der Waals surface area contributed by atoms with Gasteiger partial charge in [-0.15, -0.1) is 0 Å². The third-order valence-electron chi connectivity index (χ3n) is 2.08. The molecule has 2 nitrogen and oxygen atoms in total. The second-order valence-electron chi connectivity index (χ2n) is 3.95. The Morgan fingerprint density at radius 1 is 1.33 bits per heavy atom. The normalized spacial score (nSPS) is 11.1. The van der Waals surface area contributed by atoms with Crippen molar-refractivity contribution in [3.05, 3.63) is 35.9 Å². The summed E-state index contributed by atoms with van der Waals surface area (Å²) < 4.78 is 5.40. The van der Waals surface area contributed by atoms with Gasteiger partial charge in [-0.05, 0) is 32.4 Å². The van der Waals surface area contributed by atoms with E-state index in [1.807, 2.05) is 32.0 Å². The molecule has 0 fully saturated rings. The zero-order valence-electron chi connectivity index (χ0n) is 9.00. The summed E-state index contributed by atoms with van der Waals surface area (Å²) in [5, 5.41) is 0.821. The van der Waals surface area contributed by atoms with Gasteiger partial charge < -0.3 is 4.74 Å². The smallest absolute Gasteiger partial charge is 0.338 e. The number of alkyl halides is 1.